The lowest BCUT2D eigenvalue weighted by molar-refractivity contribution is -0.0445. The van der Waals surface area contributed by atoms with Gasteiger partial charge < -0.3 is 9.84 Å². The van der Waals surface area contributed by atoms with Gasteiger partial charge in [-0.25, -0.2) is 0 Å². The Kier molecular flexibility index (Phi) is 7.19. The lowest BCUT2D eigenvalue weighted by Crippen LogP contribution is -2.55. The molecule has 5 atom stereocenters. The molecule has 0 saturated carbocycles. The third kappa shape index (κ3) is 4.70. The van der Waals surface area contributed by atoms with Crippen LogP contribution in [-0.2, 0) is 5.41 Å². The second kappa shape index (κ2) is 10.9. The van der Waals surface area contributed by atoms with Crippen LogP contribution in [0.5, 0.6) is 5.75 Å². The zero-order chi connectivity index (χ0) is 27.7. The van der Waals surface area contributed by atoms with E-state index < -0.39 is 11.5 Å². The molecule has 4 heteroatoms. The molecule has 3 fully saturated rings. The van der Waals surface area contributed by atoms with Gasteiger partial charge in [0.2, 0.25) is 0 Å². The fourth-order valence-corrected chi connectivity index (χ4v) is 6.68. The minimum atomic E-state index is -0.699. The van der Waals surface area contributed by atoms with Crippen molar-refractivity contribution in [2.24, 2.45) is 11.8 Å². The summed E-state index contributed by atoms with van der Waals surface area (Å²) < 4.78 is 5.58. The Bertz CT molecular complexity index is 1530. The highest BCUT2D eigenvalue weighted by Crippen LogP contribution is 2.43. The van der Waals surface area contributed by atoms with Crippen LogP contribution in [0.2, 0.25) is 0 Å². The molecule has 40 heavy (non-hydrogen) atoms. The second-order valence-corrected chi connectivity index (χ2v) is 11.3. The maximum Gasteiger partial charge on any atom is 0.119 e. The summed E-state index contributed by atoms with van der Waals surface area (Å²) in [6.45, 7) is 8.19. The molecular formula is C36H36N2O2. The van der Waals surface area contributed by atoms with Gasteiger partial charge in [0.15, 0.2) is 0 Å². The molecule has 2 unspecified atom stereocenters. The molecule has 4 heterocycles. The van der Waals surface area contributed by atoms with E-state index >= 15 is 0 Å². The third-order valence-corrected chi connectivity index (χ3v) is 9.08. The number of benzene rings is 3. The lowest BCUT2D eigenvalue weighted by atomic mass is 9.73. The topological polar surface area (TPSA) is 45.6 Å². The van der Waals surface area contributed by atoms with E-state index in [1.807, 2.05) is 36.5 Å². The first kappa shape index (κ1) is 26.3. The quantitative estimate of drug-likeness (QED) is 0.228. The van der Waals surface area contributed by atoms with Crippen molar-refractivity contribution >= 4 is 10.9 Å². The normalized spacial score (nSPS) is 22.8. The molecule has 0 amide bonds. The Labute approximate surface area is 237 Å². The number of hydrogen-bond donors (Lipinski definition) is 1. The average molecular weight is 529 g/mol. The zero-order valence-electron chi connectivity index (χ0n) is 23.3. The summed E-state index contributed by atoms with van der Waals surface area (Å²) in [7, 11) is 1.67. The van der Waals surface area contributed by atoms with E-state index in [2.05, 4.69) is 84.9 Å². The third-order valence-electron chi connectivity index (χ3n) is 9.08. The summed E-state index contributed by atoms with van der Waals surface area (Å²) in [4.78, 5) is 7.21. The van der Waals surface area contributed by atoms with Crippen LogP contribution < -0.4 is 4.74 Å². The average Bonchev–Trinajstić information content (AvgIpc) is 3.03. The Morgan fingerprint density at radius 2 is 1.77 bits per heavy atom. The number of aromatic nitrogens is 1. The smallest absolute Gasteiger partial charge is 0.119 e. The fraction of sp³-hybridized carbons (Fsp3) is 0.306. The number of pyridine rings is 1. The molecule has 3 aliphatic rings. The van der Waals surface area contributed by atoms with Crippen molar-refractivity contribution in [3.63, 3.8) is 0 Å². The van der Waals surface area contributed by atoms with E-state index in [1.54, 1.807) is 7.11 Å². The predicted octanol–water partition coefficient (Wildman–Crippen LogP) is 6.53. The van der Waals surface area contributed by atoms with Crippen molar-refractivity contribution in [1.29, 1.82) is 0 Å². The van der Waals surface area contributed by atoms with Crippen LogP contribution in [-0.4, -0.2) is 41.2 Å². The number of piperidine rings is 3. The van der Waals surface area contributed by atoms with Crippen LogP contribution in [0.4, 0.5) is 0 Å². The van der Waals surface area contributed by atoms with Crippen LogP contribution in [0.3, 0.4) is 0 Å². The molecule has 4 aromatic rings. The van der Waals surface area contributed by atoms with Gasteiger partial charge in [-0.15, -0.1) is 6.58 Å². The molecule has 1 N–H and O–H groups in total. The highest BCUT2D eigenvalue weighted by molar-refractivity contribution is 5.86. The summed E-state index contributed by atoms with van der Waals surface area (Å²) in [5, 5.41) is 13.0. The van der Waals surface area contributed by atoms with Crippen LogP contribution in [0.25, 0.3) is 10.9 Å². The number of methoxy groups -OCH3 is 1. The molecule has 7 rings (SSSR count). The van der Waals surface area contributed by atoms with Gasteiger partial charge in [0.05, 0.1) is 24.1 Å². The predicted molar refractivity (Wildman–Crippen MR) is 161 cm³/mol. The highest BCUT2D eigenvalue weighted by Gasteiger charge is 2.43. The standard InChI is InChI=1S/C36H36N2O2/c1-4-25-24-38-20-18-26(25)21-33(38)35(39)34-27(23-37-32-16-15-30(40-3)22-31(32)34)17-19-36(2,28-11-7-5-8-12-28)29-13-9-6-10-14-29/h4-16,22-23,25-26,33,35,39H,1,18,20-21,24H2,2-3H3/t25-,26?,33-,35-/m0/s1. The minimum Gasteiger partial charge on any atom is -0.497 e. The van der Waals surface area contributed by atoms with E-state index in [4.69, 9.17) is 9.72 Å². The van der Waals surface area contributed by atoms with E-state index in [0.29, 0.717) is 11.8 Å². The second-order valence-electron chi connectivity index (χ2n) is 11.3. The number of hydrogen-bond acceptors (Lipinski definition) is 4. The molecule has 3 aliphatic heterocycles. The summed E-state index contributed by atoms with van der Waals surface area (Å²) in [5.41, 5.74) is 4.13. The van der Waals surface area contributed by atoms with Crippen LogP contribution in [0, 0.1) is 23.7 Å². The molecule has 3 aromatic carbocycles. The van der Waals surface area contributed by atoms with Crippen molar-refractivity contribution in [1.82, 2.24) is 9.88 Å². The van der Waals surface area contributed by atoms with Crippen molar-refractivity contribution in [2.45, 2.75) is 37.3 Å². The molecule has 2 bridgehead atoms. The monoisotopic (exact) mass is 528 g/mol. The summed E-state index contributed by atoms with van der Waals surface area (Å²) in [6.07, 6.45) is 5.33. The molecule has 0 aliphatic carbocycles. The lowest BCUT2D eigenvalue weighted by Gasteiger charge is -2.50. The first-order chi connectivity index (χ1) is 19.5. The van der Waals surface area contributed by atoms with Gasteiger partial charge in [0.1, 0.15) is 5.75 Å². The van der Waals surface area contributed by atoms with E-state index in [-0.39, 0.29) is 6.04 Å². The molecule has 202 valence electrons. The number of rotatable bonds is 6. The van der Waals surface area contributed by atoms with Gasteiger partial charge in [-0.3, -0.25) is 9.88 Å². The molecular weight excluding hydrogens is 492 g/mol. The van der Waals surface area contributed by atoms with Crippen LogP contribution in [0.15, 0.2) is 97.7 Å². The number of aliphatic hydroxyl groups is 1. The first-order valence-corrected chi connectivity index (χ1v) is 14.2. The fourth-order valence-electron chi connectivity index (χ4n) is 6.68. The van der Waals surface area contributed by atoms with E-state index in [0.717, 1.165) is 64.8 Å². The number of fused-ring (bicyclic) bond motifs is 4. The Morgan fingerprint density at radius 3 is 2.38 bits per heavy atom. The molecule has 0 spiro atoms. The number of aliphatic hydroxyl groups excluding tert-OH is 1. The van der Waals surface area contributed by atoms with Crippen LogP contribution >= 0.6 is 0 Å². The first-order valence-electron chi connectivity index (χ1n) is 14.2. The molecule has 3 saturated heterocycles. The Hall–Kier alpha value is -3.91. The molecule has 4 nitrogen and oxygen atoms in total. The minimum absolute atomic E-state index is 0.0296. The van der Waals surface area contributed by atoms with Crippen molar-refractivity contribution in [3.8, 4) is 17.6 Å². The maximum atomic E-state index is 12.1. The zero-order valence-corrected chi connectivity index (χ0v) is 23.3. The van der Waals surface area contributed by atoms with Gasteiger partial charge in [0, 0.05) is 35.3 Å². The van der Waals surface area contributed by atoms with Gasteiger partial charge in [-0.2, -0.15) is 0 Å². The van der Waals surface area contributed by atoms with Crippen LogP contribution in [0.1, 0.15) is 48.1 Å². The molecule has 0 radical (unpaired) electrons. The largest absolute Gasteiger partial charge is 0.497 e. The molecule has 1 aromatic heterocycles. The van der Waals surface area contributed by atoms with Crippen molar-refractivity contribution in [3.05, 3.63) is 120 Å². The summed E-state index contributed by atoms with van der Waals surface area (Å²) >= 11 is 0. The maximum absolute atomic E-state index is 12.1. The summed E-state index contributed by atoms with van der Waals surface area (Å²) in [5.74, 6) is 8.93. The van der Waals surface area contributed by atoms with Gasteiger partial charge in [-0.05, 0) is 67.5 Å². The van der Waals surface area contributed by atoms with Gasteiger partial charge in [0.25, 0.3) is 0 Å². The Morgan fingerprint density at radius 1 is 1.07 bits per heavy atom. The van der Waals surface area contributed by atoms with E-state index in [1.165, 1.54) is 0 Å². The SMILES string of the molecule is C=C[C@H]1CN2CCC1C[C@H]2[C@H](O)c1c(C#CC(C)(c2ccccc2)c2ccccc2)cnc2ccc(OC)cc12. The highest BCUT2D eigenvalue weighted by atomic mass is 16.5. The van der Waals surface area contributed by atoms with Gasteiger partial charge in [-0.1, -0.05) is 78.6 Å². The Balaban J connectivity index is 1.50. The van der Waals surface area contributed by atoms with E-state index in [9.17, 15) is 5.11 Å². The van der Waals surface area contributed by atoms with Crippen molar-refractivity contribution in [2.75, 3.05) is 20.2 Å². The number of ether oxygens (including phenoxy) is 1. The van der Waals surface area contributed by atoms with Crippen molar-refractivity contribution < 1.29 is 9.84 Å². The summed E-state index contributed by atoms with van der Waals surface area (Å²) in [6, 6.07) is 26.7. The number of nitrogens with zero attached hydrogens (tertiary/aromatic N) is 2. The van der Waals surface area contributed by atoms with Gasteiger partial charge >= 0.3 is 0 Å².